The van der Waals surface area contributed by atoms with E-state index >= 15 is 0 Å². The van der Waals surface area contributed by atoms with Gasteiger partial charge in [-0.2, -0.15) is 0 Å². The molecule has 1 aliphatic rings. The zero-order chi connectivity index (χ0) is 34.7. The molecule has 4 nitrogen and oxygen atoms in total. The molecule has 0 amide bonds. The first kappa shape index (κ1) is 39.4. The van der Waals surface area contributed by atoms with Crippen LogP contribution >= 0.6 is 0 Å². The first-order valence-electron chi connectivity index (χ1n) is 17.6. The molecule has 5 heteroatoms. The average molecular weight is 827 g/mol. The van der Waals surface area contributed by atoms with Crippen molar-refractivity contribution in [2.45, 2.75) is 115 Å². The van der Waals surface area contributed by atoms with Crippen molar-refractivity contribution in [2.24, 2.45) is 22.2 Å². The number of carbonyl (C=O) groups is 1. The molecule has 0 bridgehead atoms. The van der Waals surface area contributed by atoms with Crippen LogP contribution in [0.5, 0.6) is 11.5 Å². The van der Waals surface area contributed by atoms with Crippen LogP contribution in [0.25, 0.3) is 32.8 Å². The van der Waals surface area contributed by atoms with Crippen LogP contribution in [0, 0.1) is 28.2 Å². The number of hydrogen-bond donors (Lipinski definition) is 1. The number of carbonyl (C=O) groups excluding carboxylic acids is 1. The molecule has 0 saturated carbocycles. The molecule has 2 heterocycles. The van der Waals surface area contributed by atoms with E-state index in [1.165, 1.54) is 28.0 Å². The molecule has 0 saturated heterocycles. The van der Waals surface area contributed by atoms with E-state index in [0.717, 1.165) is 72.1 Å². The molecule has 4 aromatic rings. The summed E-state index contributed by atoms with van der Waals surface area (Å²) in [5, 5.41) is 14.6. The van der Waals surface area contributed by atoms with Crippen LogP contribution in [0.2, 0.25) is 0 Å². The molecule has 0 unspecified atom stereocenters. The zero-order valence-corrected chi connectivity index (χ0v) is 33.5. The summed E-state index contributed by atoms with van der Waals surface area (Å²) in [6, 6.07) is 18.8. The molecule has 1 radical (unpaired) electrons. The summed E-state index contributed by atoms with van der Waals surface area (Å²) >= 11 is 0. The number of fused-ring (bicyclic) bond motifs is 3. The summed E-state index contributed by atoms with van der Waals surface area (Å²) in [7, 11) is 0. The number of rotatable bonds is 9. The summed E-state index contributed by atoms with van der Waals surface area (Å²) in [6.45, 7) is 23.8. The largest absolute Gasteiger partial charge is 0.512 e. The fraction of sp³-hybridized carbons (Fsp3) is 0.488. The second-order valence-electron chi connectivity index (χ2n) is 16.0. The number of aliphatic hydroxyl groups excluding tert-OH is 1. The number of aromatic nitrogens is 1. The number of aliphatic hydroxyl groups is 1. The van der Waals surface area contributed by atoms with E-state index < -0.39 is 0 Å². The zero-order valence-electron chi connectivity index (χ0n) is 31.1. The van der Waals surface area contributed by atoms with Crippen molar-refractivity contribution in [1.29, 1.82) is 0 Å². The van der Waals surface area contributed by atoms with Gasteiger partial charge in [0, 0.05) is 54.8 Å². The van der Waals surface area contributed by atoms with Crippen molar-refractivity contribution < 1.29 is 34.7 Å². The van der Waals surface area contributed by atoms with Crippen LogP contribution in [-0.2, 0) is 37.7 Å². The maximum Gasteiger partial charge on any atom is 0.162 e. The number of hydrogen-bond acceptors (Lipinski definition) is 4. The van der Waals surface area contributed by atoms with E-state index in [1.54, 1.807) is 0 Å². The van der Waals surface area contributed by atoms with Gasteiger partial charge in [-0.15, -0.1) is 17.5 Å². The van der Waals surface area contributed by atoms with Gasteiger partial charge in [-0.05, 0) is 72.4 Å². The SMILES string of the molecule is CC(C)(C)Cc1cc2c3c(nccc3c1)-c1[c-]c3ccccc3c(CC(C)(C)C)c1O2.CCC(CC)C(=O)/C=C(\O)C(C)(CC)CC.[Ir]. The molecule has 0 atom stereocenters. The minimum Gasteiger partial charge on any atom is -0.512 e. The first-order valence-corrected chi connectivity index (χ1v) is 17.6. The smallest absolute Gasteiger partial charge is 0.162 e. The Bertz CT molecular complexity index is 1770. The third kappa shape index (κ3) is 8.96. The van der Waals surface area contributed by atoms with Gasteiger partial charge in [-0.1, -0.05) is 117 Å². The van der Waals surface area contributed by atoms with Crippen molar-refractivity contribution in [3.8, 4) is 22.8 Å². The fourth-order valence-corrected chi connectivity index (χ4v) is 6.47. The Balaban J connectivity index is 0.000000316. The maximum atomic E-state index is 11.9. The summed E-state index contributed by atoms with van der Waals surface area (Å²) in [5.74, 6) is 2.21. The summed E-state index contributed by atoms with van der Waals surface area (Å²) < 4.78 is 6.72. The van der Waals surface area contributed by atoms with Crippen molar-refractivity contribution in [3.63, 3.8) is 0 Å². The van der Waals surface area contributed by atoms with E-state index in [2.05, 4.69) is 90.1 Å². The number of benzene rings is 3. The number of pyridine rings is 1. The fourth-order valence-electron chi connectivity index (χ4n) is 6.47. The summed E-state index contributed by atoms with van der Waals surface area (Å²) in [6.07, 6.45) is 8.68. The Kier molecular flexibility index (Phi) is 12.9. The van der Waals surface area contributed by atoms with Crippen LogP contribution in [0.1, 0.15) is 113 Å². The van der Waals surface area contributed by atoms with E-state index in [9.17, 15) is 9.90 Å². The quantitative estimate of drug-likeness (QED) is 0.0913. The Morgan fingerprint density at radius 3 is 2.12 bits per heavy atom. The van der Waals surface area contributed by atoms with E-state index in [-0.39, 0.29) is 53.8 Å². The molecule has 0 spiro atoms. The molecule has 261 valence electrons. The van der Waals surface area contributed by atoms with Crippen molar-refractivity contribution in [1.82, 2.24) is 4.98 Å². The Morgan fingerprint density at radius 2 is 1.54 bits per heavy atom. The van der Waals surface area contributed by atoms with Crippen LogP contribution in [0.4, 0.5) is 0 Å². The van der Waals surface area contributed by atoms with Gasteiger partial charge in [-0.3, -0.25) is 9.78 Å². The Labute approximate surface area is 303 Å². The topological polar surface area (TPSA) is 59.4 Å². The molecule has 3 aromatic carbocycles. The van der Waals surface area contributed by atoms with Crippen LogP contribution in [0.15, 0.2) is 60.5 Å². The third-order valence-electron chi connectivity index (χ3n) is 9.64. The normalized spacial score (nSPS) is 13.0. The minimum atomic E-state index is -0.248. The molecule has 0 aliphatic carbocycles. The van der Waals surface area contributed by atoms with Crippen molar-refractivity contribution in [3.05, 3.63) is 77.7 Å². The summed E-state index contributed by atoms with van der Waals surface area (Å²) in [4.78, 5) is 16.7. The molecule has 48 heavy (non-hydrogen) atoms. The summed E-state index contributed by atoms with van der Waals surface area (Å²) in [5.41, 5.74) is 4.62. The molecular weight excluding hydrogens is 771 g/mol. The standard InChI is InChI=1S/C29H30NO.C14H26O2.Ir/c1-28(2,3)16-18-13-20-11-12-30-26-22-15-19-9-7-8-10-21(19)23(17-29(4,5)6)27(22)31-24(14-18)25(20)26;1-6-11(7-2)12(15)10-13(16)14(5,8-3)9-4;/h7-14H,16-17H2,1-6H3;10-11,16H,6-9H2,1-5H3;/q-1;;/b;13-10-;. The monoisotopic (exact) mass is 827 g/mol. The van der Waals surface area contributed by atoms with Gasteiger partial charge < -0.3 is 9.84 Å². The van der Waals surface area contributed by atoms with E-state index in [4.69, 9.17) is 9.72 Å². The predicted molar refractivity (Wildman–Crippen MR) is 198 cm³/mol. The Hall–Kier alpha value is -3.01. The molecular formula is C43H56IrNO3-. The van der Waals surface area contributed by atoms with Crippen LogP contribution in [-0.4, -0.2) is 15.9 Å². The minimum absolute atomic E-state index is 0. The van der Waals surface area contributed by atoms with Gasteiger partial charge in [0.2, 0.25) is 0 Å². The number of ketones is 1. The molecule has 5 rings (SSSR count). The average Bonchev–Trinajstić information content (AvgIpc) is 3.00. The predicted octanol–water partition coefficient (Wildman–Crippen LogP) is 12.4. The molecule has 1 N–H and O–H groups in total. The molecule has 1 aromatic heterocycles. The second kappa shape index (κ2) is 15.7. The van der Waals surface area contributed by atoms with Gasteiger partial charge in [0.1, 0.15) is 11.5 Å². The molecule has 1 aliphatic heterocycles. The van der Waals surface area contributed by atoms with Gasteiger partial charge in [-0.25, -0.2) is 0 Å². The third-order valence-corrected chi connectivity index (χ3v) is 9.64. The Morgan fingerprint density at radius 1 is 0.917 bits per heavy atom. The van der Waals surface area contributed by atoms with Crippen molar-refractivity contribution >= 4 is 27.3 Å². The van der Waals surface area contributed by atoms with Crippen molar-refractivity contribution in [2.75, 3.05) is 0 Å². The van der Waals surface area contributed by atoms with E-state index in [0.29, 0.717) is 0 Å². The van der Waals surface area contributed by atoms with Crippen LogP contribution in [0.3, 0.4) is 0 Å². The van der Waals surface area contributed by atoms with Gasteiger partial charge in [0.05, 0.1) is 5.75 Å². The number of allylic oxidation sites excluding steroid dienone is 2. The van der Waals surface area contributed by atoms with Crippen LogP contribution < -0.4 is 4.74 Å². The number of ether oxygens (including phenoxy) is 1. The first-order chi connectivity index (χ1) is 22.0. The number of nitrogens with zero attached hydrogens (tertiary/aromatic N) is 1. The van der Waals surface area contributed by atoms with Gasteiger partial charge in [0.25, 0.3) is 0 Å². The molecule has 0 fully saturated rings. The van der Waals surface area contributed by atoms with Gasteiger partial charge >= 0.3 is 0 Å². The maximum absolute atomic E-state index is 11.9. The van der Waals surface area contributed by atoms with Gasteiger partial charge in [0.15, 0.2) is 5.78 Å². The second-order valence-corrected chi connectivity index (χ2v) is 16.0. The van der Waals surface area contributed by atoms with E-state index in [1.807, 2.05) is 40.8 Å².